The van der Waals surface area contributed by atoms with E-state index in [0.29, 0.717) is 6.07 Å². The van der Waals surface area contributed by atoms with Gasteiger partial charge in [0.25, 0.3) is 5.91 Å². The SMILES string of the molecule is C[C@H](NC(=O)c1cn(C)nc1-c1ccc(F)cc1F)C(=O)O. The molecule has 2 N–H and O–H groups in total. The van der Waals surface area contributed by atoms with Crippen molar-refractivity contribution >= 4 is 11.9 Å². The predicted molar refractivity (Wildman–Crippen MR) is 73.1 cm³/mol. The highest BCUT2D eigenvalue weighted by Crippen LogP contribution is 2.25. The number of halogens is 2. The average Bonchev–Trinajstić information content (AvgIpc) is 2.80. The molecule has 0 unspecified atom stereocenters. The molecule has 1 aromatic heterocycles. The first-order valence-electron chi connectivity index (χ1n) is 6.32. The minimum atomic E-state index is -1.20. The first-order chi connectivity index (χ1) is 10.3. The number of carbonyl (C=O) groups is 2. The second kappa shape index (κ2) is 5.92. The molecular formula is C14H13F2N3O3. The molecule has 8 heteroatoms. The molecule has 0 fully saturated rings. The van der Waals surface area contributed by atoms with Crippen molar-refractivity contribution in [1.29, 1.82) is 0 Å². The van der Waals surface area contributed by atoms with Crippen molar-refractivity contribution in [3.05, 3.63) is 41.6 Å². The molecule has 1 aromatic carbocycles. The second-order valence-electron chi connectivity index (χ2n) is 4.72. The number of rotatable bonds is 4. The number of hydrogen-bond acceptors (Lipinski definition) is 3. The molecular weight excluding hydrogens is 296 g/mol. The number of carboxylic acid groups (broad SMARTS) is 1. The number of hydrogen-bond donors (Lipinski definition) is 2. The van der Waals surface area contributed by atoms with Crippen molar-refractivity contribution in [2.24, 2.45) is 7.05 Å². The summed E-state index contributed by atoms with van der Waals surface area (Å²) in [6.45, 7) is 1.30. The molecule has 1 amide bonds. The zero-order valence-electron chi connectivity index (χ0n) is 11.8. The summed E-state index contributed by atoms with van der Waals surface area (Å²) in [6.07, 6.45) is 1.34. The van der Waals surface area contributed by atoms with Gasteiger partial charge in [-0.15, -0.1) is 0 Å². The van der Waals surface area contributed by atoms with Crippen LogP contribution in [0.4, 0.5) is 8.78 Å². The van der Waals surface area contributed by atoms with Crippen LogP contribution in [-0.2, 0) is 11.8 Å². The zero-order valence-corrected chi connectivity index (χ0v) is 11.8. The standard InChI is InChI=1S/C14H13F2N3O3/c1-7(14(21)22)17-13(20)10-6-19(2)18-12(10)9-4-3-8(15)5-11(9)16/h3-7H,1-2H3,(H,17,20)(H,21,22)/t7-/m0/s1. The lowest BCUT2D eigenvalue weighted by Crippen LogP contribution is -2.38. The minimum absolute atomic E-state index is 0.00103. The fourth-order valence-electron chi connectivity index (χ4n) is 1.87. The fraction of sp³-hybridized carbons (Fsp3) is 0.214. The first-order valence-corrected chi connectivity index (χ1v) is 6.32. The quantitative estimate of drug-likeness (QED) is 0.898. The van der Waals surface area contributed by atoms with E-state index in [1.807, 2.05) is 0 Å². The van der Waals surface area contributed by atoms with E-state index in [4.69, 9.17) is 5.11 Å². The summed E-state index contributed by atoms with van der Waals surface area (Å²) >= 11 is 0. The number of nitrogens with zero attached hydrogens (tertiary/aromatic N) is 2. The topological polar surface area (TPSA) is 84.2 Å². The van der Waals surface area contributed by atoms with Crippen LogP contribution in [0.2, 0.25) is 0 Å². The molecule has 0 aliphatic rings. The van der Waals surface area contributed by atoms with Gasteiger partial charge in [0.15, 0.2) is 0 Å². The van der Waals surface area contributed by atoms with Gasteiger partial charge in [-0.3, -0.25) is 14.3 Å². The Morgan fingerprint density at radius 1 is 1.36 bits per heavy atom. The number of carbonyl (C=O) groups excluding carboxylic acids is 1. The summed E-state index contributed by atoms with van der Waals surface area (Å²) in [6, 6.07) is 1.79. The highest BCUT2D eigenvalue weighted by molar-refractivity contribution is 6.01. The van der Waals surface area contributed by atoms with E-state index in [1.165, 1.54) is 30.9 Å². The van der Waals surface area contributed by atoms with Crippen LogP contribution in [0.25, 0.3) is 11.3 Å². The highest BCUT2D eigenvalue weighted by atomic mass is 19.1. The van der Waals surface area contributed by atoms with Gasteiger partial charge in [-0.05, 0) is 19.1 Å². The van der Waals surface area contributed by atoms with E-state index in [2.05, 4.69) is 10.4 Å². The number of aliphatic carboxylic acids is 1. The maximum atomic E-state index is 13.9. The van der Waals surface area contributed by atoms with Crippen LogP contribution in [0, 0.1) is 11.6 Å². The molecule has 0 bridgehead atoms. The molecule has 0 aliphatic heterocycles. The lowest BCUT2D eigenvalue weighted by molar-refractivity contribution is -0.138. The largest absolute Gasteiger partial charge is 0.480 e. The van der Waals surface area contributed by atoms with Crippen molar-refractivity contribution in [1.82, 2.24) is 15.1 Å². The number of carboxylic acids is 1. The average molecular weight is 309 g/mol. The molecule has 0 aliphatic carbocycles. The normalized spacial score (nSPS) is 12.0. The van der Waals surface area contributed by atoms with Gasteiger partial charge in [0, 0.05) is 24.9 Å². The summed E-state index contributed by atoms with van der Waals surface area (Å²) in [5.74, 6) is -3.52. The molecule has 1 heterocycles. The molecule has 6 nitrogen and oxygen atoms in total. The Kier molecular flexibility index (Phi) is 4.20. The third kappa shape index (κ3) is 3.11. The summed E-state index contributed by atoms with van der Waals surface area (Å²) in [5, 5.41) is 15.1. The van der Waals surface area contributed by atoms with Crippen LogP contribution in [-0.4, -0.2) is 32.8 Å². The maximum Gasteiger partial charge on any atom is 0.325 e. The third-order valence-electron chi connectivity index (χ3n) is 2.98. The lowest BCUT2D eigenvalue weighted by atomic mass is 10.1. The van der Waals surface area contributed by atoms with Crippen LogP contribution in [0.3, 0.4) is 0 Å². The number of aromatic nitrogens is 2. The molecule has 22 heavy (non-hydrogen) atoms. The molecule has 2 aromatic rings. The molecule has 2 rings (SSSR count). The zero-order chi connectivity index (χ0) is 16.4. The first kappa shape index (κ1) is 15.6. The van der Waals surface area contributed by atoms with E-state index >= 15 is 0 Å². The fourth-order valence-corrected chi connectivity index (χ4v) is 1.87. The van der Waals surface area contributed by atoms with Crippen LogP contribution in [0.1, 0.15) is 17.3 Å². The van der Waals surface area contributed by atoms with E-state index < -0.39 is 29.6 Å². The Balaban J connectivity index is 2.42. The third-order valence-corrected chi connectivity index (χ3v) is 2.98. The monoisotopic (exact) mass is 309 g/mol. The smallest absolute Gasteiger partial charge is 0.325 e. The van der Waals surface area contributed by atoms with Crippen molar-refractivity contribution in [2.45, 2.75) is 13.0 Å². The minimum Gasteiger partial charge on any atom is -0.480 e. The molecule has 116 valence electrons. The van der Waals surface area contributed by atoms with Gasteiger partial charge in [0.1, 0.15) is 23.4 Å². The molecule has 0 saturated heterocycles. The Morgan fingerprint density at radius 2 is 2.05 bits per heavy atom. The molecule has 0 radical (unpaired) electrons. The van der Waals surface area contributed by atoms with E-state index in [9.17, 15) is 18.4 Å². The number of amides is 1. The van der Waals surface area contributed by atoms with Crippen molar-refractivity contribution < 1.29 is 23.5 Å². The van der Waals surface area contributed by atoms with Gasteiger partial charge in [0.05, 0.1) is 5.56 Å². The van der Waals surface area contributed by atoms with Gasteiger partial charge in [-0.25, -0.2) is 8.78 Å². The maximum absolute atomic E-state index is 13.9. The Bertz CT molecular complexity index is 743. The van der Waals surface area contributed by atoms with Crippen LogP contribution in [0.15, 0.2) is 24.4 Å². The van der Waals surface area contributed by atoms with Crippen molar-refractivity contribution in [2.75, 3.05) is 0 Å². The number of nitrogens with one attached hydrogen (secondary N) is 1. The van der Waals surface area contributed by atoms with Crippen LogP contribution in [0.5, 0.6) is 0 Å². The number of aryl methyl sites for hydroxylation is 1. The Morgan fingerprint density at radius 3 is 2.64 bits per heavy atom. The number of benzene rings is 1. The van der Waals surface area contributed by atoms with Gasteiger partial charge < -0.3 is 10.4 Å². The molecule has 0 spiro atoms. The Labute approximate surface area is 124 Å². The molecule has 1 atom stereocenters. The summed E-state index contributed by atoms with van der Waals surface area (Å²) in [5.41, 5.74) is -0.0358. The molecule has 0 saturated carbocycles. The lowest BCUT2D eigenvalue weighted by Gasteiger charge is -2.09. The summed E-state index contributed by atoms with van der Waals surface area (Å²) in [7, 11) is 1.53. The van der Waals surface area contributed by atoms with Crippen LogP contribution >= 0.6 is 0 Å². The van der Waals surface area contributed by atoms with E-state index in [0.717, 1.165) is 6.07 Å². The van der Waals surface area contributed by atoms with Crippen molar-refractivity contribution in [3.8, 4) is 11.3 Å². The van der Waals surface area contributed by atoms with Gasteiger partial charge in [-0.1, -0.05) is 0 Å². The highest BCUT2D eigenvalue weighted by Gasteiger charge is 2.22. The van der Waals surface area contributed by atoms with Crippen LogP contribution < -0.4 is 5.32 Å². The van der Waals surface area contributed by atoms with E-state index in [-0.39, 0.29) is 16.8 Å². The predicted octanol–water partition coefficient (Wildman–Crippen LogP) is 1.57. The second-order valence-corrected chi connectivity index (χ2v) is 4.72. The van der Waals surface area contributed by atoms with E-state index in [1.54, 1.807) is 0 Å². The summed E-state index contributed by atoms with van der Waals surface area (Å²) < 4.78 is 28.1. The van der Waals surface area contributed by atoms with Gasteiger partial charge in [0.2, 0.25) is 0 Å². The van der Waals surface area contributed by atoms with Crippen molar-refractivity contribution in [3.63, 3.8) is 0 Å². The van der Waals surface area contributed by atoms with Gasteiger partial charge in [-0.2, -0.15) is 5.10 Å². The Hall–Kier alpha value is -2.77. The summed E-state index contributed by atoms with van der Waals surface area (Å²) in [4.78, 5) is 22.9. The van der Waals surface area contributed by atoms with Gasteiger partial charge >= 0.3 is 5.97 Å².